The smallest absolute Gasteiger partial charge is 0.251 e. The molecule has 2 rings (SSSR count). The Morgan fingerprint density at radius 3 is 2.39 bits per heavy atom. The first-order valence-electron chi connectivity index (χ1n) is 7.07. The third-order valence-corrected chi connectivity index (χ3v) is 3.52. The summed E-state index contributed by atoms with van der Waals surface area (Å²) in [5.41, 5.74) is 2.99. The predicted octanol–water partition coefficient (Wildman–Crippen LogP) is 3.66. The minimum atomic E-state index is -0.272. The summed E-state index contributed by atoms with van der Waals surface area (Å²) >= 11 is 6.07. The summed E-state index contributed by atoms with van der Waals surface area (Å²) in [6, 6.07) is 12.4. The average molecular weight is 329 g/mol. The summed E-state index contributed by atoms with van der Waals surface area (Å²) in [5, 5.41) is 5.78. The van der Waals surface area contributed by atoms with Gasteiger partial charge in [0.1, 0.15) is 0 Å². The van der Waals surface area contributed by atoms with Gasteiger partial charge in [-0.3, -0.25) is 9.59 Å². The van der Waals surface area contributed by atoms with Gasteiger partial charge in [0, 0.05) is 18.7 Å². The molecule has 5 heteroatoms. The van der Waals surface area contributed by atoms with Gasteiger partial charge in [-0.2, -0.15) is 0 Å². The lowest BCUT2D eigenvalue weighted by Gasteiger charge is -2.05. The third-order valence-electron chi connectivity index (χ3n) is 3.21. The van der Waals surface area contributed by atoms with E-state index in [4.69, 9.17) is 11.6 Å². The van der Waals surface area contributed by atoms with E-state index in [1.54, 1.807) is 49.5 Å². The zero-order chi connectivity index (χ0) is 16.8. The van der Waals surface area contributed by atoms with E-state index in [0.29, 0.717) is 16.3 Å². The first-order valence-corrected chi connectivity index (χ1v) is 7.45. The molecule has 2 N–H and O–H groups in total. The molecule has 0 aliphatic rings. The number of halogens is 1. The number of nitrogens with one attached hydrogen (secondary N) is 2. The normalized spacial score (nSPS) is 10.6. The van der Waals surface area contributed by atoms with Crippen molar-refractivity contribution in [2.75, 3.05) is 12.4 Å². The van der Waals surface area contributed by atoms with Gasteiger partial charge >= 0.3 is 0 Å². The summed E-state index contributed by atoms with van der Waals surface area (Å²) < 4.78 is 0. The highest BCUT2D eigenvalue weighted by atomic mass is 35.5. The Hall–Kier alpha value is -2.59. The zero-order valence-electron chi connectivity index (χ0n) is 12.9. The van der Waals surface area contributed by atoms with Gasteiger partial charge in [0.25, 0.3) is 5.91 Å². The van der Waals surface area contributed by atoms with Gasteiger partial charge < -0.3 is 10.6 Å². The van der Waals surface area contributed by atoms with Crippen LogP contribution in [0.2, 0.25) is 5.02 Å². The van der Waals surface area contributed by atoms with E-state index in [1.165, 1.54) is 6.08 Å². The maximum absolute atomic E-state index is 11.9. The lowest BCUT2D eigenvalue weighted by atomic mass is 10.1. The van der Waals surface area contributed by atoms with Crippen LogP contribution in [0.1, 0.15) is 21.5 Å². The number of rotatable bonds is 4. The van der Waals surface area contributed by atoms with Crippen molar-refractivity contribution in [1.29, 1.82) is 0 Å². The number of benzene rings is 2. The Morgan fingerprint density at radius 1 is 1.09 bits per heavy atom. The number of amides is 2. The Morgan fingerprint density at radius 2 is 1.78 bits per heavy atom. The predicted molar refractivity (Wildman–Crippen MR) is 93.7 cm³/mol. The topological polar surface area (TPSA) is 58.2 Å². The molecule has 4 nitrogen and oxygen atoms in total. The molecule has 2 aromatic rings. The molecule has 2 aromatic carbocycles. The van der Waals surface area contributed by atoms with Gasteiger partial charge in [0.05, 0.1) is 10.7 Å². The number of carbonyl (C=O) groups is 2. The lowest BCUT2D eigenvalue weighted by molar-refractivity contribution is -0.111. The second kappa shape index (κ2) is 7.61. The molecule has 2 amide bonds. The Balaban J connectivity index is 2.02. The van der Waals surface area contributed by atoms with Crippen molar-refractivity contribution in [2.24, 2.45) is 0 Å². The molecule has 0 aliphatic heterocycles. The molecular weight excluding hydrogens is 312 g/mol. The molecule has 0 heterocycles. The maximum atomic E-state index is 11.9. The van der Waals surface area contributed by atoms with Crippen molar-refractivity contribution in [1.82, 2.24) is 5.32 Å². The van der Waals surface area contributed by atoms with Crippen LogP contribution in [0.25, 0.3) is 6.08 Å². The molecule has 0 radical (unpaired) electrons. The van der Waals surface area contributed by atoms with E-state index in [2.05, 4.69) is 10.6 Å². The van der Waals surface area contributed by atoms with Crippen LogP contribution in [0.5, 0.6) is 0 Å². The van der Waals surface area contributed by atoms with Crippen LogP contribution in [-0.4, -0.2) is 18.9 Å². The van der Waals surface area contributed by atoms with Gasteiger partial charge in [-0.1, -0.05) is 29.8 Å². The summed E-state index contributed by atoms with van der Waals surface area (Å²) in [4.78, 5) is 23.4. The fraction of sp³-hybridized carbons (Fsp3) is 0.111. The lowest BCUT2D eigenvalue weighted by Crippen LogP contribution is -2.17. The van der Waals surface area contributed by atoms with Crippen molar-refractivity contribution < 1.29 is 9.59 Å². The van der Waals surface area contributed by atoms with Crippen molar-refractivity contribution in [3.63, 3.8) is 0 Å². The SMILES string of the molecule is CNC(=O)c1ccc(/C=C/C(=O)Nc2ccc(C)cc2Cl)cc1. The van der Waals surface area contributed by atoms with Crippen molar-refractivity contribution in [3.05, 3.63) is 70.3 Å². The number of anilines is 1. The van der Waals surface area contributed by atoms with Crippen molar-refractivity contribution >= 4 is 35.2 Å². The fourth-order valence-corrected chi connectivity index (χ4v) is 2.24. The summed E-state index contributed by atoms with van der Waals surface area (Å²) in [6.45, 7) is 1.93. The molecule has 23 heavy (non-hydrogen) atoms. The highest BCUT2D eigenvalue weighted by molar-refractivity contribution is 6.33. The highest BCUT2D eigenvalue weighted by Gasteiger charge is 2.04. The van der Waals surface area contributed by atoms with Gasteiger partial charge in [0.15, 0.2) is 0 Å². The van der Waals surface area contributed by atoms with E-state index >= 15 is 0 Å². The van der Waals surface area contributed by atoms with E-state index in [1.807, 2.05) is 13.0 Å². The Labute approximate surface area is 140 Å². The highest BCUT2D eigenvalue weighted by Crippen LogP contribution is 2.22. The minimum Gasteiger partial charge on any atom is -0.355 e. The van der Waals surface area contributed by atoms with Crippen LogP contribution in [0, 0.1) is 6.92 Å². The van der Waals surface area contributed by atoms with Crippen LogP contribution in [0.3, 0.4) is 0 Å². The second-order valence-electron chi connectivity index (χ2n) is 5.01. The molecule has 0 fully saturated rings. The van der Waals surface area contributed by atoms with Gasteiger partial charge in [0.2, 0.25) is 5.91 Å². The minimum absolute atomic E-state index is 0.146. The molecule has 0 atom stereocenters. The molecule has 0 aliphatic carbocycles. The van der Waals surface area contributed by atoms with Gasteiger partial charge in [-0.25, -0.2) is 0 Å². The molecule has 0 spiro atoms. The Kier molecular flexibility index (Phi) is 5.55. The molecular formula is C18H17ClN2O2. The van der Waals surface area contributed by atoms with Crippen LogP contribution in [0.4, 0.5) is 5.69 Å². The standard InChI is InChI=1S/C18H17ClN2O2/c1-12-3-9-16(15(19)11-12)21-17(22)10-6-13-4-7-14(8-5-13)18(23)20-2/h3-11H,1-2H3,(H,20,23)(H,21,22)/b10-6+. The fourth-order valence-electron chi connectivity index (χ4n) is 1.96. The van der Waals surface area contributed by atoms with Gasteiger partial charge in [-0.05, 0) is 48.4 Å². The molecule has 118 valence electrons. The first kappa shape index (κ1) is 16.8. The van der Waals surface area contributed by atoms with E-state index in [-0.39, 0.29) is 11.8 Å². The van der Waals surface area contributed by atoms with Crippen molar-refractivity contribution in [3.8, 4) is 0 Å². The van der Waals surface area contributed by atoms with Crippen molar-refractivity contribution in [2.45, 2.75) is 6.92 Å². The Bertz CT molecular complexity index is 752. The van der Waals surface area contributed by atoms with Crippen LogP contribution in [0.15, 0.2) is 48.5 Å². The maximum Gasteiger partial charge on any atom is 0.251 e. The molecule has 0 saturated carbocycles. The summed E-state index contributed by atoms with van der Waals surface area (Å²) in [6.07, 6.45) is 3.09. The van der Waals surface area contributed by atoms with Crippen LogP contribution >= 0.6 is 11.6 Å². The molecule has 0 saturated heterocycles. The molecule has 0 bridgehead atoms. The van der Waals surface area contributed by atoms with Crippen LogP contribution < -0.4 is 10.6 Å². The van der Waals surface area contributed by atoms with E-state index in [0.717, 1.165) is 11.1 Å². The monoisotopic (exact) mass is 328 g/mol. The summed E-state index contributed by atoms with van der Waals surface area (Å²) in [5.74, 6) is -0.418. The number of hydrogen-bond acceptors (Lipinski definition) is 2. The van der Waals surface area contributed by atoms with E-state index < -0.39 is 0 Å². The molecule has 0 unspecified atom stereocenters. The third kappa shape index (κ3) is 4.69. The summed E-state index contributed by atoms with van der Waals surface area (Å²) in [7, 11) is 1.58. The average Bonchev–Trinajstić information content (AvgIpc) is 2.55. The van der Waals surface area contributed by atoms with Gasteiger partial charge in [-0.15, -0.1) is 0 Å². The number of aryl methyl sites for hydroxylation is 1. The quantitative estimate of drug-likeness (QED) is 0.841. The largest absolute Gasteiger partial charge is 0.355 e. The first-order chi connectivity index (χ1) is 11.0. The second-order valence-corrected chi connectivity index (χ2v) is 5.41. The van der Waals surface area contributed by atoms with E-state index in [9.17, 15) is 9.59 Å². The molecule has 0 aromatic heterocycles. The van der Waals surface area contributed by atoms with Crippen LogP contribution in [-0.2, 0) is 4.79 Å². The number of hydrogen-bond donors (Lipinski definition) is 2. The zero-order valence-corrected chi connectivity index (χ0v) is 13.6. The number of carbonyl (C=O) groups excluding carboxylic acids is 2.